The Kier molecular flexibility index (Phi) is 5.81. The van der Waals surface area contributed by atoms with Crippen molar-refractivity contribution >= 4 is 18.1 Å². The Labute approximate surface area is 116 Å². The number of nitro benzene ring substituents is 1. The van der Waals surface area contributed by atoms with Crippen molar-refractivity contribution in [3.8, 4) is 5.75 Å². The van der Waals surface area contributed by atoms with Gasteiger partial charge in [0.15, 0.2) is 0 Å². The van der Waals surface area contributed by atoms with E-state index in [9.17, 15) is 10.1 Å². The van der Waals surface area contributed by atoms with Gasteiger partial charge in [-0.2, -0.15) is 0 Å². The first-order chi connectivity index (χ1) is 8.75. The molecule has 19 heavy (non-hydrogen) atoms. The van der Waals surface area contributed by atoms with Crippen LogP contribution in [0.15, 0.2) is 43.0 Å². The lowest BCUT2D eigenvalue weighted by molar-refractivity contribution is -0.384. The summed E-state index contributed by atoms with van der Waals surface area (Å²) in [5.41, 5.74) is 0.0436. The molecule has 0 radical (unpaired) electrons. The predicted molar refractivity (Wildman–Crippen MR) is 72.7 cm³/mol. The summed E-state index contributed by atoms with van der Waals surface area (Å²) in [5.74, 6) is 0.523. The number of nitro groups is 1. The summed E-state index contributed by atoms with van der Waals surface area (Å²) in [5, 5.41) is 10.6. The fourth-order valence-corrected chi connectivity index (χ4v) is 1.54. The monoisotopic (exact) mass is 283 g/mol. The molecule has 0 fully saturated rings. The van der Waals surface area contributed by atoms with E-state index in [0.29, 0.717) is 12.4 Å². The smallest absolute Gasteiger partial charge is 0.273 e. The van der Waals surface area contributed by atoms with Gasteiger partial charge in [-0.05, 0) is 12.5 Å². The molecule has 2 aromatic rings. The lowest BCUT2D eigenvalue weighted by Gasteiger charge is -2.06. The summed E-state index contributed by atoms with van der Waals surface area (Å²) in [7, 11) is 0. The molecule has 1 aromatic heterocycles. The van der Waals surface area contributed by atoms with Gasteiger partial charge in [-0.25, -0.2) is 4.98 Å². The Bertz CT molecular complexity index is 517. The number of aryl methyl sites for hydroxylation is 1. The molecule has 0 atom stereocenters. The van der Waals surface area contributed by atoms with Gasteiger partial charge in [-0.15, -0.1) is 12.4 Å². The quantitative estimate of drug-likeness (QED) is 0.464. The molecule has 1 heterocycles. The Morgan fingerprint density at radius 3 is 2.95 bits per heavy atom. The number of rotatable bonds is 6. The standard InChI is InChI=1S/C12H13N3O3.ClH/c16-15(17)11-3-1-4-12(9-11)18-8-2-6-14-7-5-13-10-14;/h1,3-5,7,9-10H,2,6,8H2;1H. The number of benzene rings is 1. The number of hydrogen-bond acceptors (Lipinski definition) is 4. The molecule has 102 valence electrons. The Balaban J connectivity index is 0.00000180. The number of nitrogens with zero attached hydrogens (tertiary/aromatic N) is 3. The van der Waals surface area contributed by atoms with Crippen molar-refractivity contribution in [2.24, 2.45) is 0 Å². The minimum atomic E-state index is -0.432. The molecular formula is C12H14ClN3O3. The van der Waals surface area contributed by atoms with Crippen molar-refractivity contribution in [3.63, 3.8) is 0 Å². The normalized spacial score (nSPS) is 9.68. The van der Waals surface area contributed by atoms with Gasteiger partial charge in [0.1, 0.15) is 5.75 Å². The second-order valence-electron chi connectivity index (χ2n) is 3.76. The van der Waals surface area contributed by atoms with Crippen molar-refractivity contribution in [2.45, 2.75) is 13.0 Å². The molecule has 0 N–H and O–H groups in total. The van der Waals surface area contributed by atoms with Gasteiger partial charge in [0.25, 0.3) is 5.69 Å². The van der Waals surface area contributed by atoms with Crippen molar-refractivity contribution < 1.29 is 9.66 Å². The van der Waals surface area contributed by atoms with E-state index in [2.05, 4.69) is 4.98 Å². The maximum Gasteiger partial charge on any atom is 0.273 e. The summed E-state index contributed by atoms with van der Waals surface area (Å²) in [6.45, 7) is 1.33. The fourth-order valence-electron chi connectivity index (χ4n) is 1.54. The molecule has 0 saturated carbocycles. The zero-order valence-electron chi connectivity index (χ0n) is 10.1. The largest absolute Gasteiger partial charge is 0.493 e. The number of halogens is 1. The van der Waals surface area contributed by atoms with Gasteiger partial charge in [0.05, 0.1) is 23.9 Å². The molecule has 1 aromatic carbocycles. The van der Waals surface area contributed by atoms with Crippen LogP contribution >= 0.6 is 12.4 Å². The van der Waals surface area contributed by atoms with E-state index in [-0.39, 0.29) is 18.1 Å². The van der Waals surface area contributed by atoms with Crippen LogP contribution in [0.2, 0.25) is 0 Å². The van der Waals surface area contributed by atoms with Gasteiger partial charge in [0.2, 0.25) is 0 Å². The van der Waals surface area contributed by atoms with E-state index in [1.54, 1.807) is 24.7 Å². The van der Waals surface area contributed by atoms with E-state index < -0.39 is 4.92 Å². The first kappa shape index (κ1) is 15.0. The van der Waals surface area contributed by atoms with Crippen LogP contribution in [0.4, 0.5) is 5.69 Å². The van der Waals surface area contributed by atoms with E-state index in [0.717, 1.165) is 13.0 Å². The van der Waals surface area contributed by atoms with Gasteiger partial charge < -0.3 is 9.30 Å². The minimum absolute atomic E-state index is 0. The van der Waals surface area contributed by atoms with Crippen molar-refractivity contribution in [1.29, 1.82) is 0 Å². The second-order valence-corrected chi connectivity index (χ2v) is 3.76. The van der Waals surface area contributed by atoms with E-state index in [1.165, 1.54) is 12.1 Å². The highest BCUT2D eigenvalue weighted by Crippen LogP contribution is 2.19. The van der Waals surface area contributed by atoms with Crippen LogP contribution in [0, 0.1) is 10.1 Å². The summed E-state index contributed by atoms with van der Waals surface area (Å²) in [6, 6.07) is 6.20. The van der Waals surface area contributed by atoms with Crippen molar-refractivity contribution in [3.05, 3.63) is 53.1 Å². The van der Waals surface area contributed by atoms with Crippen molar-refractivity contribution in [1.82, 2.24) is 9.55 Å². The highest BCUT2D eigenvalue weighted by molar-refractivity contribution is 5.85. The second kappa shape index (κ2) is 7.38. The van der Waals surface area contributed by atoms with Gasteiger partial charge in [-0.1, -0.05) is 6.07 Å². The molecule has 0 saturated heterocycles. The van der Waals surface area contributed by atoms with Crippen LogP contribution in [0.3, 0.4) is 0 Å². The van der Waals surface area contributed by atoms with Crippen LogP contribution in [0.1, 0.15) is 6.42 Å². The van der Waals surface area contributed by atoms with Gasteiger partial charge >= 0.3 is 0 Å². The summed E-state index contributed by atoms with van der Waals surface area (Å²) < 4.78 is 7.41. The highest BCUT2D eigenvalue weighted by atomic mass is 35.5. The molecule has 0 aliphatic rings. The maximum atomic E-state index is 10.6. The maximum absolute atomic E-state index is 10.6. The van der Waals surface area contributed by atoms with E-state index >= 15 is 0 Å². The molecule has 0 unspecified atom stereocenters. The van der Waals surface area contributed by atoms with Gasteiger partial charge in [-0.3, -0.25) is 10.1 Å². The lowest BCUT2D eigenvalue weighted by atomic mass is 10.3. The summed E-state index contributed by atoms with van der Waals surface area (Å²) in [4.78, 5) is 14.1. The molecule has 6 nitrogen and oxygen atoms in total. The molecular weight excluding hydrogens is 270 g/mol. The Morgan fingerprint density at radius 1 is 1.42 bits per heavy atom. The number of ether oxygens (including phenoxy) is 1. The predicted octanol–water partition coefficient (Wildman–Crippen LogP) is 2.68. The number of hydrogen-bond donors (Lipinski definition) is 0. The number of aromatic nitrogens is 2. The third-order valence-corrected chi connectivity index (χ3v) is 2.42. The molecule has 7 heteroatoms. The van der Waals surface area contributed by atoms with Crippen LogP contribution in [-0.2, 0) is 6.54 Å². The van der Waals surface area contributed by atoms with Crippen LogP contribution in [-0.4, -0.2) is 21.1 Å². The number of imidazole rings is 1. The first-order valence-electron chi connectivity index (χ1n) is 5.59. The van der Waals surface area contributed by atoms with E-state index in [1.807, 2.05) is 10.8 Å². The number of non-ortho nitro benzene ring substituents is 1. The van der Waals surface area contributed by atoms with Crippen molar-refractivity contribution in [2.75, 3.05) is 6.61 Å². The fraction of sp³-hybridized carbons (Fsp3) is 0.250. The van der Waals surface area contributed by atoms with Crippen LogP contribution in [0.5, 0.6) is 5.75 Å². The third kappa shape index (κ3) is 4.59. The lowest BCUT2D eigenvalue weighted by Crippen LogP contribution is -2.03. The Hall–Kier alpha value is -2.08. The topological polar surface area (TPSA) is 70.2 Å². The molecule has 0 aliphatic heterocycles. The van der Waals surface area contributed by atoms with Gasteiger partial charge in [0, 0.05) is 25.0 Å². The van der Waals surface area contributed by atoms with Crippen LogP contribution < -0.4 is 4.74 Å². The zero-order chi connectivity index (χ0) is 12.8. The minimum Gasteiger partial charge on any atom is -0.493 e. The molecule has 2 rings (SSSR count). The summed E-state index contributed by atoms with van der Waals surface area (Å²) >= 11 is 0. The third-order valence-electron chi connectivity index (χ3n) is 2.42. The zero-order valence-corrected chi connectivity index (χ0v) is 11.0. The molecule has 0 bridgehead atoms. The first-order valence-corrected chi connectivity index (χ1v) is 5.59. The average Bonchev–Trinajstić information content (AvgIpc) is 2.88. The molecule has 0 aliphatic carbocycles. The average molecular weight is 284 g/mol. The Morgan fingerprint density at radius 2 is 2.26 bits per heavy atom. The SMILES string of the molecule is Cl.O=[N+]([O-])c1cccc(OCCCn2ccnc2)c1. The molecule has 0 spiro atoms. The van der Waals surface area contributed by atoms with Crippen LogP contribution in [0.25, 0.3) is 0 Å². The highest BCUT2D eigenvalue weighted by Gasteiger charge is 2.05. The van der Waals surface area contributed by atoms with E-state index in [4.69, 9.17) is 4.74 Å². The summed E-state index contributed by atoms with van der Waals surface area (Å²) in [6.07, 6.45) is 6.17. The molecule has 0 amide bonds.